The Hall–Kier alpha value is -1.39. The van der Waals surface area contributed by atoms with Crippen LogP contribution in [0.15, 0.2) is 30.3 Å². The van der Waals surface area contributed by atoms with Gasteiger partial charge in [0.1, 0.15) is 6.04 Å². The van der Waals surface area contributed by atoms with Crippen molar-refractivity contribution < 1.29 is 9.90 Å². The molecular formula is C15H22N2O2. The largest absolute Gasteiger partial charge is 0.394 e. The second kappa shape index (κ2) is 6.17. The first-order valence-corrected chi connectivity index (χ1v) is 6.79. The molecule has 0 radical (unpaired) electrons. The molecule has 4 heteroatoms. The summed E-state index contributed by atoms with van der Waals surface area (Å²) in [5.41, 5.74) is 1.24. The van der Waals surface area contributed by atoms with Gasteiger partial charge in [0, 0.05) is 19.1 Å². The van der Waals surface area contributed by atoms with E-state index in [0.717, 1.165) is 13.0 Å². The van der Waals surface area contributed by atoms with Gasteiger partial charge in [0.15, 0.2) is 0 Å². The fourth-order valence-corrected chi connectivity index (χ4v) is 2.68. The molecule has 0 aliphatic carbocycles. The molecule has 1 amide bonds. The Morgan fingerprint density at radius 3 is 2.63 bits per heavy atom. The van der Waals surface area contributed by atoms with Gasteiger partial charge in [0.2, 0.25) is 5.91 Å². The maximum atomic E-state index is 12.3. The summed E-state index contributed by atoms with van der Waals surface area (Å²) in [6.07, 6.45) is 0.860. The van der Waals surface area contributed by atoms with Crippen molar-refractivity contribution in [2.24, 2.45) is 0 Å². The minimum atomic E-state index is -0.382. The second-order valence-corrected chi connectivity index (χ2v) is 5.25. The topological polar surface area (TPSA) is 43.8 Å². The van der Waals surface area contributed by atoms with E-state index in [1.165, 1.54) is 5.56 Å². The van der Waals surface area contributed by atoms with Crippen LogP contribution in [0, 0.1) is 0 Å². The molecule has 0 saturated carbocycles. The lowest BCUT2D eigenvalue weighted by atomic mass is 10.1. The summed E-state index contributed by atoms with van der Waals surface area (Å²) < 4.78 is 0. The molecule has 1 aromatic rings. The minimum Gasteiger partial charge on any atom is -0.394 e. The number of carbonyl (C=O) groups is 1. The molecule has 1 aromatic carbocycles. The lowest BCUT2D eigenvalue weighted by Crippen LogP contribution is -2.61. The first-order chi connectivity index (χ1) is 9.13. The highest BCUT2D eigenvalue weighted by atomic mass is 16.3. The van der Waals surface area contributed by atoms with Crippen molar-refractivity contribution in [3.05, 3.63) is 35.9 Å². The monoisotopic (exact) mass is 262 g/mol. The van der Waals surface area contributed by atoms with Crippen LogP contribution in [-0.2, 0) is 11.2 Å². The van der Waals surface area contributed by atoms with Gasteiger partial charge in [0.05, 0.1) is 6.61 Å². The van der Waals surface area contributed by atoms with Crippen molar-refractivity contribution in [1.82, 2.24) is 9.80 Å². The average Bonchev–Trinajstić information content (AvgIpc) is 2.39. The van der Waals surface area contributed by atoms with Gasteiger partial charge in [-0.05, 0) is 26.0 Å². The van der Waals surface area contributed by atoms with Crippen molar-refractivity contribution in [2.45, 2.75) is 25.4 Å². The predicted molar refractivity (Wildman–Crippen MR) is 74.8 cm³/mol. The van der Waals surface area contributed by atoms with Gasteiger partial charge < -0.3 is 10.0 Å². The number of benzene rings is 1. The van der Waals surface area contributed by atoms with E-state index in [9.17, 15) is 9.90 Å². The van der Waals surface area contributed by atoms with Crippen LogP contribution in [0.1, 0.15) is 12.5 Å². The van der Waals surface area contributed by atoms with Crippen LogP contribution in [0.4, 0.5) is 0 Å². The van der Waals surface area contributed by atoms with Gasteiger partial charge in [-0.25, -0.2) is 0 Å². The lowest BCUT2D eigenvalue weighted by Gasteiger charge is -2.42. The minimum absolute atomic E-state index is 0.0414. The Labute approximate surface area is 114 Å². The molecule has 1 heterocycles. The number of rotatable bonds is 4. The molecule has 19 heavy (non-hydrogen) atoms. The predicted octanol–water partition coefficient (Wildman–Crippen LogP) is 0.752. The van der Waals surface area contributed by atoms with E-state index in [1.807, 2.05) is 35.0 Å². The second-order valence-electron chi connectivity index (χ2n) is 5.25. The molecule has 1 fully saturated rings. The number of aliphatic hydroxyl groups excluding tert-OH is 1. The summed E-state index contributed by atoms with van der Waals surface area (Å²) in [6.45, 7) is 3.48. The van der Waals surface area contributed by atoms with E-state index in [-0.39, 0.29) is 24.6 Å². The van der Waals surface area contributed by atoms with Crippen molar-refractivity contribution >= 4 is 5.91 Å². The Bertz CT molecular complexity index is 421. The highest BCUT2D eigenvalue weighted by molar-refractivity contribution is 5.83. The van der Waals surface area contributed by atoms with Crippen molar-refractivity contribution in [2.75, 3.05) is 26.7 Å². The number of amides is 1. The van der Waals surface area contributed by atoms with E-state index in [0.29, 0.717) is 6.54 Å². The number of likely N-dealkylation sites (N-methyl/N-ethyl adjacent to an activating group) is 1. The molecular weight excluding hydrogens is 240 g/mol. The number of hydrogen-bond donors (Lipinski definition) is 1. The van der Waals surface area contributed by atoms with Gasteiger partial charge in [-0.1, -0.05) is 30.3 Å². The molecule has 0 spiro atoms. The van der Waals surface area contributed by atoms with E-state index in [1.54, 1.807) is 0 Å². The zero-order chi connectivity index (χ0) is 13.8. The molecule has 2 atom stereocenters. The highest BCUT2D eigenvalue weighted by Crippen LogP contribution is 2.15. The standard InChI is InChI=1S/C15H22N2O2/c1-12-10-16(2)14(11-18)15(19)17(12)9-8-13-6-4-3-5-7-13/h3-7,12,14,18H,8-11H2,1-2H3. The number of piperazine rings is 1. The first-order valence-electron chi connectivity index (χ1n) is 6.79. The molecule has 1 N–H and O–H groups in total. The third-order valence-electron chi connectivity index (χ3n) is 3.84. The van der Waals surface area contributed by atoms with Crippen molar-refractivity contribution in [3.8, 4) is 0 Å². The van der Waals surface area contributed by atoms with Crippen molar-refractivity contribution in [1.29, 1.82) is 0 Å². The van der Waals surface area contributed by atoms with Crippen LogP contribution in [0.25, 0.3) is 0 Å². The van der Waals surface area contributed by atoms with Crippen molar-refractivity contribution in [3.63, 3.8) is 0 Å². The SMILES string of the molecule is CC1CN(C)C(CO)C(=O)N1CCc1ccccc1. The van der Waals surface area contributed by atoms with Gasteiger partial charge in [0.25, 0.3) is 0 Å². The van der Waals surface area contributed by atoms with Crippen LogP contribution in [0.3, 0.4) is 0 Å². The molecule has 104 valence electrons. The number of nitrogens with zero attached hydrogens (tertiary/aromatic N) is 2. The third-order valence-corrected chi connectivity index (χ3v) is 3.84. The molecule has 1 aliphatic heterocycles. The molecule has 2 unspecified atom stereocenters. The van der Waals surface area contributed by atoms with Crippen LogP contribution in [-0.4, -0.2) is 59.6 Å². The van der Waals surface area contributed by atoms with E-state index < -0.39 is 0 Å². The fraction of sp³-hybridized carbons (Fsp3) is 0.533. The number of hydrogen-bond acceptors (Lipinski definition) is 3. The van der Waals surface area contributed by atoms with E-state index >= 15 is 0 Å². The molecule has 4 nitrogen and oxygen atoms in total. The van der Waals surface area contributed by atoms with Gasteiger partial charge >= 0.3 is 0 Å². The summed E-state index contributed by atoms with van der Waals surface area (Å²) in [5, 5.41) is 9.33. The average molecular weight is 262 g/mol. The number of carbonyl (C=O) groups excluding carboxylic acids is 1. The maximum absolute atomic E-state index is 12.3. The summed E-state index contributed by atoms with van der Waals surface area (Å²) in [5.74, 6) is 0.0414. The zero-order valence-corrected chi connectivity index (χ0v) is 11.6. The molecule has 1 aliphatic rings. The molecule has 1 saturated heterocycles. The van der Waals surface area contributed by atoms with Crippen LogP contribution >= 0.6 is 0 Å². The maximum Gasteiger partial charge on any atom is 0.242 e. The molecule has 0 bridgehead atoms. The van der Waals surface area contributed by atoms with Gasteiger partial charge in [-0.15, -0.1) is 0 Å². The van der Waals surface area contributed by atoms with Gasteiger partial charge in [-0.2, -0.15) is 0 Å². The smallest absolute Gasteiger partial charge is 0.242 e. The van der Waals surface area contributed by atoms with Crippen LogP contribution in [0.5, 0.6) is 0 Å². The summed E-state index contributed by atoms with van der Waals surface area (Å²) in [4.78, 5) is 16.2. The Morgan fingerprint density at radius 1 is 1.32 bits per heavy atom. The lowest BCUT2D eigenvalue weighted by molar-refractivity contribution is -0.146. The summed E-state index contributed by atoms with van der Waals surface area (Å²) in [7, 11) is 1.89. The Balaban J connectivity index is 2.00. The third kappa shape index (κ3) is 3.14. The highest BCUT2D eigenvalue weighted by Gasteiger charge is 2.35. The summed E-state index contributed by atoms with van der Waals surface area (Å²) in [6, 6.07) is 10.00. The molecule has 0 aromatic heterocycles. The van der Waals surface area contributed by atoms with Crippen LogP contribution < -0.4 is 0 Å². The first kappa shape index (κ1) is 14.0. The van der Waals surface area contributed by atoms with Crippen LogP contribution in [0.2, 0.25) is 0 Å². The van der Waals surface area contributed by atoms with E-state index in [4.69, 9.17) is 0 Å². The zero-order valence-electron chi connectivity index (χ0n) is 11.6. The summed E-state index contributed by atoms with van der Waals surface area (Å²) >= 11 is 0. The molecule has 2 rings (SSSR count). The Morgan fingerprint density at radius 2 is 2.00 bits per heavy atom. The fourth-order valence-electron chi connectivity index (χ4n) is 2.68. The Kier molecular flexibility index (Phi) is 4.56. The quantitative estimate of drug-likeness (QED) is 0.871. The van der Waals surface area contributed by atoms with Gasteiger partial charge in [-0.3, -0.25) is 9.69 Å². The normalized spacial score (nSPS) is 24.8. The number of aliphatic hydroxyl groups is 1. The van der Waals surface area contributed by atoms with E-state index in [2.05, 4.69) is 19.1 Å².